The van der Waals surface area contributed by atoms with E-state index in [1.807, 2.05) is 18.7 Å². The van der Waals surface area contributed by atoms with Gasteiger partial charge in [-0.3, -0.25) is 10.1 Å². The van der Waals surface area contributed by atoms with Crippen molar-refractivity contribution in [1.29, 1.82) is 0 Å². The largest absolute Gasteiger partial charge is 0.338 e. The van der Waals surface area contributed by atoms with Gasteiger partial charge in [0.2, 0.25) is 5.91 Å². The average molecular weight is 273 g/mol. The van der Waals surface area contributed by atoms with Gasteiger partial charge in [0.05, 0.1) is 6.04 Å². The summed E-state index contributed by atoms with van der Waals surface area (Å²) in [5, 5.41) is 8.84. The molecule has 0 radical (unpaired) electrons. The van der Waals surface area contributed by atoms with Crippen molar-refractivity contribution in [1.82, 2.24) is 16.0 Å². The minimum absolute atomic E-state index is 0.270. The minimum Gasteiger partial charge on any atom is -0.338 e. The lowest BCUT2D eigenvalue weighted by Gasteiger charge is -2.18. The van der Waals surface area contributed by atoms with Crippen LogP contribution in [-0.2, 0) is 4.79 Å². The molecule has 3 N–H and O–H groups in total. The number of rotatable bonds is 5. The number of amides is 3. The third-order valence-electron chi connectivity index (χ3n) is 3.17. The SMILES string of the molecule is CCNC(=O)NC(=O)C(C)NC1CCC(SC)C1. The van der Waals surface area contributed by atoms with Crippen LogP contribution in [0.3, 0.4) is 0 Å². The third-order valence-corrected chi connectivity index (χ3v) is 4.27. The van der Waals surface area contributed by atoms with Crippen LogP contribution >= 0.6 is 11.8 Å². The fourth-order valence-electron chi connectivity index (χ4n) is 2.16. The first-order valence-corrected chi connectivity index (χ1v) is 7.73. The van der Waals surface area contributed by atoms with E-state index in [9.17, 15) is 9.59 Å². The maximum Gasteiger partial charge on any atom is 0.321 e. The molecule has 5 nitrogen and oxygen atoms in total. The van der Waals surface area contributed by atoms with Gasteiger partial charge >= 0.3 is 6.03 Å². The Kier molecular flexibility index (Phi) is 6.49. The molecule has 0 aliphatic heterocycles. The van der Waals surface area contributed by atoms with Crippen LogP contribution in [0.5, 0.6) is 0 Å². The molecule has 0 aromatic heterocycles. The van der Waals surface area contributed by atoms with Gasteiger partial charge in [0.1, 0.15) is 0 Å². The molecule has 0 aromatic rings. The van der Waals surface area contributed by atoms with Gasteiger partial charge in [-0.1, -0.05) is 0 Å². The predicted molar refractivity (Wildman–Crippen MR) is 74.8 cm³/mol. The summed E-state index contributed by atoms with van der Waals surface area (Å²) in [5.41, 5.74) is 0. The maximum absolute atomic E-state index is 11.7. The summed E-state index contributed by atoms with van der Waals surface area (Å²) in [6.45, 7) is 4.12. The van der Waals surface area contributed by atoms with Gasteiger partial charge in [-0.05, 0) is 39.4 Å². The molecule has 0 heterocycles. The summed E-state index contributed by atoms with van der Waals surface area (Å²) in [6.07, 6.45) is 5.52. The van der Waals surface area contributed by atoms with Crippen molar-refractivity contribution < 1.29 is 9.59 Å². The van der Waals surface area contributed by atoms with Crippen molar-refractivity contribution in [2.45, 2.75) is 50.4 Å². The van der Waals surface area contributed by atoms with Crippen LogP contribution in [0.15, 0.2) is 0 Å². The maximum atomic E-state index is 11.7. The Morgan fingerprint density at radius 3 is 2.67 bits per heavy atom. The minimum atomic E-state index is -0.426. The molecule has 1 aliphatic carbocycles. The van der Waals surface area contributed by atoms with E-state index < -0.39 is 6.03 Å². The van der Waals surface area contributed by atoms with E-state index in [0.717, 1.165) is 12.8 Å². The lowest BCUT2D eigenvalue weighted by atomic mass is 10.2. The molecule has 18 heavy (non-hydrogen) atoms. The number of imide groups is 1. The third kappa shape index (κ3) is 4.86. The summed E-state index contributed by atoms with van der Waals surface area (Å²) in [5.74, 6) is -0.270. The quantitative estimate of drug-likeness (QED) is 0.701. The first-order chi connectivity index (χ1) is 8.56. The molecule has 0 aromatic carbocycles. The zero-order chi connectivity index (χ0) is 13.5. The molecule has 104 valence electrons. The highest BCUT2D eigenvalue weighted by atomic mass is 32.2. The number of nitrogens with one attached hydrogen (secondary N) is 3. The molecule has 1 saturated carbocycles. The van der Waals surface area contributed by atoms with Crippen LogP contribution in [-0.4, -0.2) is 42.1 Å². The molecule has 0 bridgehead atoms. The summed E-state index contributed by atoms with van der Waals surface area (Å²) in [6, 6.07) is -0.375. The second-order valence-electron chi connectivity index (χ2n) is 4.60. The molecule has 0 spiro atoms. The molecule has 0 saturated heterocycles. The van der Waals surface area contributed by atoms with Crippen molar-refractivity contribution in [2.75, 3.05) is 12.8 Å². The zero-order valence-corrected chi connectivity index (χ0v) is 12.1. The fourth-order valence-corrected chi connectivity index (χ4v) is 2.96. The fraction of sp³-hybridized carbons (Fsp3) is 0.833. The van der Waals surface area contributed by atoms with Crippen LogP contribution in [0.1, 0.15) is 33.1 Å². The van der Waals surface area contributed by atoms with E-state index in [-0.39, 0.29) is 11.9 Å². The standard InChI is InChI=1S/C12H23N3O2S/c1-4-13-12(17)15-11(16)8(2)14-9-5-6-10(7-9)18-3/h8-10,14H,4-7H2,1-3H3,(H2,13,15,16,17). The Morgan fingerprint density at radius 1 is 1.39 bits per heavy atom. The normalized spacial score (nSPS) is 24.6. The van der Waals surface area contributed by atoms with Crippen molar-refractivity contribution in [3.63, 3.8) is 0 Å². The van der Waals surface area contributed by atoms with Crippen LogP contribution in [0, 0.1) is 0 Å². The average Bonchev–Trinajstić information content (AvgIpc) is 2.76. The van der Waals surface area contributed by atoms with E-state index in [4.69, 9.17) is 0 Å². The van der Waals surface area contributed by atoms with E-state index in [2.05, 4.69) is 22.2 Å². The highest BCUT2D eigenvalue weighted by molar-refractivity contribution is 7.99. The Bertz CT molecular complexity index is 299. The molecule has 1 rings (SSSR count). The highest BCUT2D eigenvalue weighted by Gasteiger charge is 2.26. The monoisotopic (exact) mass is 273 g/mol. The molecule has 3 unspecified atom stereocenters. The summed E-state index contributed by atoms with van der Waals surface area (Å²) in [7, 11) is 0. The number of hydrogen-bond acceptors (Lipinski definition) is 4. The van der Waals surface area contributed by atoms with Crippen LogP contribution in [0.2, 0.25) is 0 Å². The second-order valence-corrected chi connectivity index (χ2v) is 5.74. The van der Waals surface area contributed by atoms with Crippen molar-refractivity contribution in [2.24, 2.45) is 0 Å². The first kappa shape index (κ1) is 15.3. The number of carbonyl (C=O) groups excluding carboxylic acids is 2. The topological polar surface area (TPSA) is 70.2 Å². The predicted octanol–water partition coefficient (Wildman–Crippen LogP) is 1.09. The zero-order valence-electron chi connectivity index (χ0n) is 11.3. The van der Waals surface area contributed by atoms with Gasteiger partial charge in [-0.15, -0.1) is 0 Å². The second kappa shape index (κ2) is 7.63. The van der Waals surface area contributed by atoms with E-state index in [1.54, 1.807) is 6.92 Å². The Labute approximate surface area is 113 Å². The van der Waals surface area contributed by atoms with E-state index >= 15 is 0 Å². The van der Waals surface area contributed by atoms with E-state index in [0.29, 0.717) is 17.8 Å². The molecular formula is C12H23N3O2S. The molecule has 6 heteroatoms. The number of urea groups is 1. The Morgan fingerprint density at radius 2 is 2.11 bits per heavy atom. The smallest absolute Gasteiger partial charge is 0.321 e. The van der Waals surface area contributed by atoms with Gasteiger partial charge in [-0.25, -0.2) is 4.79 Å². The molecule has 1 fully saturated rings. The van der Waals surface area contributed by atoms with Crippen molar-refractivity contribution in [3.8, 4) is 0 Å². The number of hydrogen-bond donors (Lipinski definition) is 3. The first-order valence-electron chi connectivity index (χ1n) is 6.44. The highest BCUT2D eigenvalue weighted by Crippen LogP contribution is 2.28. The van der Waals surface area contributed by atoms with E-state index in [1.165, 1.54) is 6.42 Å². The molecular weight excluding hydrogens is 250 g/mol. The lowest BCUT2D eigenvalue weighted by molar-refractivity contribution is -0.121. The summed E-state index contributed by atoms with van der Waals surface area (Å²) in [4.78, 5) is 22.9. The van der Waals surface area contributed by atoms with Crippen molar-refractivity contribution >= 4 is 23.7 Å². The lowest BCUT2D eigenvalue weighted by Crippen LogP contribution is -2.50. The summed E-state index contributed by atoms with van der Waals surface area (Å²) >= 11 is 1.88. The number of carbonyl (C=O) groups is 2. The molecule has 1 aliphatic rings. The van der Waals surface area contributed by atoms with Gasteiger partial charge in [-0.2, -0.15) is 11.8 Å². The molecule has 3 amide bonds. The summed E-state index contributed by atoms with van der Waals surface area (Å²) < 4.78 is 0. The Balaban J connectivity index is 2.29. The van der Waals surface area contributed by atoms with Gasteiger partial charge < -0.3 is 10.6 Å². The van der Waals surface area contributed by atoms with Gasteiger partial charge in [0.25, 0.3) is 0 Å². The molecule has 3 atom stereocenters. The Hall–Kier alpha value is -0.750. The van der Waals surface area contributed by atoms with Gasteiger partial charge in [0.15, 0.2) is 0 Å². The number of thioether (sulfide) groups is 1. The van der Waals surface area contributed by atoms with Crippen molar-refractivity contribution in [3.05, 3.63) is 0 Å². The van der Waals surface area contributed by atoms with Crippen LogP contribution in [0.4, 0.5) is 4.79 Å². The van der Waals surface area contributed by atoms with Gasteiger partial charge in [0, 0.05) is 17.8 Å². The van der Waals surface area contributed by atoms with Crippen LogP contribution < -0.4 is 16.0 Å². The van der Waals surface area contributed by atoms with Crippen LogP contribution in [0.25, 0.3) is 0 Å².